The highest BCUT2D eigenvalue weighted by atomic mass is 15.6. The molecule has 3 aliphatic heterocycles. The summed E-state index contributed by atoms with van der Waals surface area (Å²) in [6.45, 7) is 4.16. The lowest BCUT2D eigenvalue weighted by Gasteiger charge is -2.49. The second-order valence-electron chi connectivity index (χ2n) is 10.8. The third-order valence-electron chi connectivity index (χ3n) is 8.86. The molecule has 3 aliphatic rings. The lowest BCUT2D eigenvalue weighted by molar-refractivity contribution is -0.0626. The van der Waals surface area contributed by atoms with Crippen molar-refractivity contribution in [1.82, 2.24) is 15.1 Å². The Bertz CT molecular complexity index is 1080. The summed E-state index contributed by atoms with van der Waals surface area (Å²) in [5, 5.41) is 3.95. The Morgan fingerprint density at radius 1 is 0.556 bits per heavy atom. The minimum atomic E-state index is -0.497. The first kappa shape index (κ1) is 23.8. The number of nitrogens with zero attached hydrogens (tertiary/aromatic N) is 2. The first-order chi connectivity index (χ1) is 17.6. The van der Waals surface area contributed by atoms with Crippen molar-refractivity contribution in [3.05, 3.63) is 108 Å². The lowest BCUT2D eigenvalue weighted by atomic mass is 9.90. The number of likely N-dealkylation sites (tertiary alicyclic amines) is 2. The molecule has 6 rings (SSSR count). The zero-order valence-electron chi connectivity index (χ0n) is 20.8. The van der Waals surface area contributed by atoms with Crippen molar-refractivity contribution < 1.29 is 0 Å². The highest BCUT2D eigenvalue weighted by molar-refractivity contribution is 5.31. The van der Waals surface area contributed by atoms with Crippen LogP contribution in [-0.4, -0.2) is 66.4 Å². The minimum absolute atomic E-state index is 0.0512. The number of hydrogen-bond acceptors (Lipinski definition) is 6. The molecule has 3 fully saturated rings. The molecule has 7 atom stereocenters. The highest BCUT2D eigenvalue weighted by Gasteiger charge is 2.58. The van der Waals surface area contributed by atoms with E-state index in [-0.39, 0.29) is 35.9 Å². The molecule has 5 unspecified atom stereocenters. The van der Waals surface area contributed by atoms with E-state index in [2.05, 4.69) is 106 Å². The molecule has 3 aromatic carbocycles. The fourth-order valence-corrected chi connectivity index (χ4v) is 6.98. The van der Waals surface area contributed by atoms with Crippen LogP contribution in [0.3, 0.4) is 0 Å². The molecule has 36 heavy (non-hydrogen) atoms. The van der Waals surface area contributed by atoms with Crippen molar-refractivity contribution in [2.24, 2.45) is 17.2 Å². The van der Waals surface area contributed by atoms with Gasteiger partial charge in [0.25, 0.3) is 0 Å². The number of benzene rings is 3. The van der Waals surface area contributed by atoms with E-state index in [1.807, 2.05) is 0 Å². The van der Waals surface area contributed by atoms with Crippen molar-refractivity contribution in [3.8, 4) is 0 Å². The maximum Gasteiger partial charge on any atom is 0.145 e. The van der Waals surface area contributed by atoms with Gasteiger partial charge in [0.2, 0.25) is 0 Å². The van der Waals surface area contributed by atoms with Gasteiger partial charge in [0.05, 0.1) is 6.04 Å². The van der Waals surface area contributed by atoms with E-state index < -0.39 is 5.79 Å². The van der Waals surface area contributed by atoms with E-state index in [0.717, 1.165) is 32.7 Å². The van der Waals surface area contributed by atoms with Gasteiger partial charge in [0.1, 0.15) is 5.79 Å². The predicted molar refractivity (Wildman–Crippen MR) is 145 cm³/mol. The minimum Gasteiger partial charge on any atom is -0.326 e. The van der Waals surface area contributed by atoms with Crippen molar-refractivity contribution in [3.63, 3.8) is 0 Å². The van der Waals surface area contributed by atoms with Gasteiger partial charge in [-0.25, -0.2) is 0 Å². The van der Waals surface area contributed by atoms with Crippen LogP contribution < -0.4 is 22.5 Å². The molecule has 0 amide bonds. The average Bonchev–Trinajstić information content (AvgIpc) is 3.61. The number of rotatable bonds is 5. The van der Waals surface area contributed by atoms with Gasteiger partial charge < -0.3 is 17.2 Å². The Morgan fingerprint density at radius 2 is 0.944 bits per heavy atom. The summed E-state index contributed by atoms with van der Waals surface area (Å²) in [5.41, 5.74) is 24.8. The summed E-state index contributed by atoms with van der Waals surface area (Å²) >= 11 is 0. The topological polar surface area (TPSA) is 96.6 Å². The third-order valence-corrected chi connectivity index (χ3v) is 8.86. The van der Waals surface area contributed by atoms with Crippen LogP contribution in [0.15, 0.2) is 91.0 Å². The number of nitrogens with two attached hydrogens (primary N) is 3. The summed E-state index contributed by atoms with van der Waals surface area (Å²) in [5.74, 6) is 0.260. The number of hydrogen-bond donors (Lipinski definition) is 4. The van der Waals surface area contributed by atoms with Gasteiger partial charge in [-0.05, 0) is 16.7 Å². The molecule has 188 valence electrons. The first-order valence-electron chi connectivity index (χ1n) is 13.2. The smallest absolute Gasteiger partial charge is 0.145 e. The zero-order valence-corrected chi connectivity index (χ0v) is 20.8. The lowest BCUT2D eigenvalue weighted by Crippen LogP contribution is -2.72. The standard InChI is InChI=1S/C30H38N6/c31-27-19-35(17-25(27)22-12-6-2-7-13-22)30(29(33)24(16-34-30)21-10-4-1-5-11-21)36-18-26(28(32)20-36)23-14-8-3-9-15-23/h1-15,24-29,34H,16-20,31-33H2/t24?,25-,26?,27+,28?,29?,30?/m0/s1. The second kappa shape index (κ2) is 9.71. The van der Waals surface area contributed by atoms with Gasteiger partial charge in [0.15, 0.2) is 0 Å². The molecule has 0 saturated carbocycles. The van der Waals surface area contributed by atoms with E-state index in [0.29, 0.717) is 0 Å². The third kappa shape index (κ3) is 3.98. The SMILES string of the molecule is NC1CN(C2(N3C[C@@H](N)[C@H](c4ccccc4)C3)NCC(c3ccccc3)C2N)CC1c1ccccc1. The molecular weight excluding hydrogens is 444 g/mol. The quantitative estimate of drug-likeness (QED) is 0.445. The normalized spacial score (nSPS) is 35.4. The van der Waals surface area contributed by atoms with Crippen LogP contribution in [0.5, 0.6) is 0 Å². The van der Waals surface area contributed by atoms with Gasteiger partial charge in [0, 0.05) is 62.6 Å². The first-order valence-corrected chi connectivity index (χ1v) is 13.2. The Labute approximate surface area is 214 Å². The monoisotopic (exact) mass is 482 g/mol. The molecule has 6 heteroatoms. The molecule has 0 spiro atoms. The summed E-state index contributed by atoms with van der Waals surface area (Å²) in [4.78, 5) is 5.06. The summed E-state index contributed by atoms with van der Waals surface area (Å²) in [7, 11) is 0. The Hall–Kier alpha value is -2.58. The molecule has 7 N–H and O–H groups in total. The van der Waals surface area contributed by atoms with Gasteiger partial charge in [-0.15, -0.1) is 0 Å². The maximum atomic E-state index is 7.28. The fourth-order valence-electron chi connectivity index (χ4n) is 6.98. The van der Waals surface area contributed by atoms with Gasteiger partial charge in [-0.3, -0.25) is 15.1 Å². The van der Waals surface area contributed by atoms with Crippen LogP contribution >= 0.6 is 0 Å². The maximum absolute atomic E-state index is 7.28. The highest BCUT2D eigenvalue weighted by Crippen LogP contribution is 2.43. The van der Waals surface area contributed by atoms with E-state index in [1.165, 1.54) is 16.7 Å². The average molecular weight is 483 g/mol. The van der Waals surface area contributed by atoms with Crippen LogP contribution in [0.4, 0.5) is 0 Å². The number of nitrogens with one attached hydrogen (secondary N) is 1. The largest absolute Gasteiger partial charge is 0.326 e. The molecule has 6 nitrogen and oxygen atoms in total. The van der Waals surface area contributed by atoms with Crippen LogP contribution in [0.25, 0.3) is 0 Å². The molecule has 0 aliphatic carbocycles. The van der Waals surface area contributed by atoms with Crippen LogP contribution in [0.1, 0.15) is 34.4 Å². The zero-order chi connectivity index (χ0) is 24.7. The Balaban J connectivity index is 1.35. The van der Waals surface area contributed by atoms with Gasteiger partial charge in [-0.1, -0.05) is 91.0 Å². The van der Waals surface area contributed by atoms with Crippen molar-refractivity contribution in [2.45, 2.75) is 41.7 Å². The Kier molecular flexibility index (Phi) is 6.42. The summed E-state index contributed by atoms with van der Waals surface area (Å²) in [6.07, 6.45) is 0. The van der Waals surface area contributed by atoms with E-state index >= 15 is 0 Å². The van der Waals surface area contributed by atoms with E-state index in [4.69, 9.17) is 17.2 Å². The Morgan fingerprint density at radius 3 is 1.36 bits per heavy atom. The van der Waals surface area contributed by atoms with Gasteiger partial charge in [-0.2, -0.15) is 0 Å². The molecule has 3 aromatic rings. The van der Waals surface area contributed by atoms with Crippen molar-refractivity contribution >= 4 is 0 Å². The van der Waals surface area contributed by atoms with Gasteiger partial charge >= 0.3 is 0 Å². The molecule has 0 bridgehead atoms. The van der Waals surface area contributed by atoms with E-state index in [1.54, 1.807) is 0 Å². The molecule has 3 saturated heterocycles. The van der Waals surface area contributed by atoms with Crippen LogP contribution in [0.2, 0.25) is 0 Å². The van der Waals surface area contributed by atoms with Crippen LogP contribution in [-0.2, 0) is 0 Å². The fraction of sp³-hybridized carbons (Fsp3) is 0.400. The summed E-state index contributed by atoms with van der Waals surface area (Å²) in [6, 6.07) is 32.0. The van der Waals surface area contributed by atoms with E-state index in [9.17, 15) is 0 Å². The van der Waals surface area contributed by atoms with Crippen molar-refractivity contribution in [2.75, 3.05) is 32.7 Å². The summed E-state index contributed by atoms with van der Waals surface area (Å²) < 4.78 is 0. The molecule has 0 aromatic heterocycles. The van der Waals surface area contributed by atoms with Crippen LogP contribution in [0, 0.1) is 0 Å². The molecular formula is C30H38N6. The van der Waals surface area contributed by atoms with Crippen molar-refractivity contribution in [1.29, 1.82) is 0 Å². The molecule has 3 heterocycles. The molecule has 0 radical (unpaired) electrons. The predicted octanol–water partition coefficient (Wildman–Crippen LogP) is 2.21. The second-order valence-corrected chi connectivity index (χ2v) is 10.8.